The molecule has 0 atom stereocenters. The third-order valence-corrected chi connectivity index (χ3v) is 3.33. The average molecular weight is 317 g/mol. The maximum atomic E-state index is 4.46. The molecular weight excluding hydrogens is 301 g/mol. The Morgan fingerprint density at radius 3 is 2.05 bits per heavy atom. The smallest absolute Gasteiger partial charge is 0.0743 e. The van der Waals surface area contributed by atoms with Gasteiger partial charge in [-0.15, -0.1) is 0 Å². The predicted octanol–water partition coefficient (Wildman–Crippen LogP) is 4.46. The summed E-state index contributed by atoms with van der Waals surface area (Å²) in [5, 5.41) is 1.21. The molecule has 2 aliphatic rings. The molecule has 0 unspecified atom stereocenters. The molecule has 2 aromatic rings. The number of nitrogens with zero attached hydrogens (tertiary/aromatic N) is 1. The zero-order valence-corrected chi connectivity index (χ0v) is 12.6. The van der Waals surface area contributed by atoms with Crippen LogP contribution in [0.4, 0.5) is 0 Å². The second-order valence-corrected chi connectivity index (χ2v) is 4.68. The van der Waals surface area contributed by atoms with E-state index in [2.05, 4.69) is 53.6 Å². The number of aromatic nitrogens is 1. The first kappa shape index (κ1) is 16.0. The molecule has 2 aliphatic carbocycles. The summed E-state index contributed by atoms with van der Waals surface area (Å²) in [7, 11) is 0. The van der Waals surface area contributed by atoms with Crippen LogP contribution in [0.1, 0.15) is 11.5 Å². The first-order valence-corrected chi connectivity index (χ1v) is 6.80. The van der Waals surface area contributed by atoms with Gasteiger partial charge >= 0.3 is 0 Å². The van der Waals surface area contributed by atoms with Crippen LogP contribution in [-0.4, -0.2) is 4.98 Å². The van der Waals surface area contributed by atoms with Crippen LogP contribution >= 0.6 is 0 Å². The molecule has 6 radical (unpaired) electrons. The molecule has 1 fully saturated rings. The van der Waals surface area contributed by atoms with Gasteiger partial charge in [0, 0.05) is 34.3 Å². The van der Waals surface area contributed by atoms with Crippen LogP contribution in [0.3, 0.4) is 0 Å². The van der Waals surface area contributed by atoms with E-state index in [0.29, 0.717) is 5.92 Å². The molecule has 1 aromatic heterocycles. The number of hydrogen-bond donors (Lipinski definition) is 0. The Bertz CT molecular complexity index is 601. The van der Waals surface area contributed by atoms with Crippen LogP contribution < -0.4 is 0 Å². The van der Waals surface area contributed by atoms with Gasteiger partial charge in [-0.05, 0) is 43.7 Å². The monoisotopic (exact) mass is 317 g/mol. The predicted molar refractivity (Wildman–Crippen MR) is 84.3 cm³/mol. The van der Waals surface area contributed by atoms with Crippen molar-refractivity contribution in [1.82, 2.24) is 4.98 Å². The summed E-state index contributed by atoms with van der Waals surface area (Å²) in [6.07, 6.45) is 20.4. The largest absolute Gasteiger partial charge is 0.256 e. The van der Waals surface area contributed by atoms with Crippen molar-refractivity contribution in [3.8, 4) is 0 Å². The number of hydrogen-bond acceptors (Lipinski definition) is 1. The van der Waals surface area contributed by atoms with Crippen molar-refractivity contribution < 1.29 is 16.8 Å². The van der Waals surface area contributed by atoms with Crippen molar-refractivity contribution in [1.29, 1.82) is 0 Å². The molecular formula is C19H16CoN. The van der Waals surface area contributed by atoms with Gasteiger partial charge in [0.2, 0.25) is 0 Å². The third-order valence-electron chi connectivity index (χ3n) is 3.33. The number of para-hydroxylation sites is 1. The Kier molecular flexibility index (Phi) is 6.21. The Hall–Kier alpha value is -1.38. The minimum absolute atomic E-state index is 0. The van der Waals surface area contributed by atoms with E-state index in [-0.39, 0.29) is 16.8 Å². The van der Waals surface area contributed by atoms with Crippen LogP contribution in [0, 0.1) is 32.1 Å². The molecule has 0 bridgehead atoms. The van der Waals surface area contributed by atoms with Crippen LogP contribution in [0.5, 0.6) is 0 Å². The van der Waals surface area contributed by atoms with Crippen LogP contribution in [0.15, 0.2) is 60.8 Å². The van der Waals surface area contributed by atoms with Crippen molar-refractivity contribution in [3.05, 3.63) is 98.5 Å². The third kappa shape index (κ3) is 4.05. The van der Waals surface area contributed by atoms with Crippen LogP contribution in [0.2, 0.25) is 0 Å². The molecule has 4 rings (SSSR count). The summed E-state index contributed by atoms with van der Waals surface area (Å²) >= 11 is 0. The standard InChI is InChI=1S/C14H11N.C5H5.Co/c1-2-6-11(5-1)13-9-3-7-12-8-4-10-15-14(12)13;1-2-4-5-3-1;/h1-11H;1-5H;. The van der Waals surface area contributed by atoms with E-state index in [1.165, 1.54) is 10.9 Å². The Balaban J connectivity index is 0.000000231. The fourth-order valence-electron chi connectivity index (χ4n) is 2.36. The first-order valence-electron chi connectivity index (χ1n) is 6.80. The number of allylic oxidation sites excluding steroid dienone is 4. The van der Waals surface area contributed by atoms with E-state index >= 15 is 0 Å². The molecule has 21 heavy (non-hydrogen) atoms. The molecule has 1 heterocycles. The van der Waals surface area contributed by atoms with Gasteiger partial charge in [-0.25, -0.2) is 0 Å². The van der Waals surface area contributed by atoms with Crippen molar-refractivity contribution in [2.45, 2.75) is 5.92 Å². The molecule has 0 saturated heterocycles. The normalized spacial score (nSPS) is 16.6. The zero-order chi connectivity index (χ0) is 13.6. The fraction of sp³-hybridized carbons (Fsp3) is 0.0526. The molecule has 0 spiro atoms. The van der Waals surface area contributed by atoms with Gasteiger partial charge < -0.3 is 0 Å². The minimum Gasteiger partial charge on any atom is -0.256 e. The van der Waals surface area contributed by atoms with Gasteiger partial charge in [-0.1, -0.05) is 48.6 Å². The molecule has 2 heteroatoms. The van der Waals surface area contributed by atoms with Crippen LogP contribution in [0.25, 0.3) is 10.9 Å². The van der Waals surface area contributed by atoms with Gasteiger partial charge in [0.15, 0.2) is 0 Å². The topological polar surface area (TPSA) is 12.9 Å². The maximum Gasteiger partial charge on any atom is 0.0743 e. The Labute approximate surface area is 137 Å². The molecule has 106 valence electrons. The number of benzene rings is 1. The molecule has 0 aliphatic heterocycles. The zero-order valence-electron chi connectivity index (χ0n) is 11.5. The van der Waals surface area contributed by atoms with Crippen molar-refractivity contribution in [3.63, 3.8) is 0 Å². The summed E-state index contributed by atoms with van der Waals surface area (Å²) in [6.45, 7) is 0. The fourth-order valence-corrected chi connectivity index (χ4v) is 2.36. The summed E-state index contributed by atoms with van der Waals surface area (Å²) in [5.74, 6) is 0.392. The van der Waals surface area contributed by atoms with Gasteiger partial charge in [0.05, 0.1) is 5.52 Å². The van der Waals surface area contributed by atoms with E-state index < -0.39 is 0 Å². The summed E-state index contributed by atoms with van der Waals surface area (Å²) < 4.78 is 0. The minimum atomic E-state index is 0. The molecule has 1 aromatic carbocycles. The van der Waals surface area contributed by atoms with Gasteiger partial charge in [0.25, 0.3) is 0 Å². The first-order chi connectivity index (χ1) is 9.95. The number of pyridine rings is 1. The van der Waals surface area contributed by atoms with Gasteiger partial charge in [-0.3, -0.25) is 4.98 Å². The van der Waals surface area contributed by atoms with Crippen LogP contribution in [-0.2, 0) is 16.8 Å². The summed E-state index contributed by atoms with van der Waals surface area (Å²) in [5.41, 5.74) is 2.40. The van der Waals surface area contributed by atoms with E-state index in [4.69, 9.17) is 0 Å². The van der Waals surface area contributed by atoms with E-state index in [0.717, 1.165) is 5.52 Å². The molecule has 1 saturated carbocycles. The molecule has 1 nitrogen and oxygen atoms in total. The van der Waals surface area contributed by atoms with Crippen molar-refractivity contribution >= 4 is 10.9 Å². The van der Waals surface area contributed by atoms with Crippen molar-refractivity contribution in [2.24, 2.45) is 0 Å². The Morgan fingerprint density at radius 2 is 1.38 bits per heavy atom. The average Bonchev–Trinajstić information content (AvgIpc) is 3.22. The van der Waals surface area contributed by atoms with Gasteiger partial charge in [-0.2, -0.15) is 0 Å². The number of fused-ring (bicyclic) bond motifs is 1. The van der Waals surface area contributed by atoms with Gasteiger partial charge in [0.1, 0.15) is 0 Å². The quantitative estimate of drug-likeness (QED) is 0.756. The Morgan fingerprint density at radius 1 is 0.762 bits per heavy atom. The van der Waals surface area contributed by atoms with Crippen molar-refractivity contribution in [2.75, 3.05) is 0 Å². The van der Waals surface area contributed by atoms with E-state index in [9.17, 15) is 0 Å². The summed E-state index contributed by atoms with van der Waals surface area (Å²) in [4.78, 5) is 4.46. The maximum absolute atomic E-state index is 4.46. The molecule has 0 N–H and O–H groups in total. The second kappa shape index (κ2) is 8.16. The van der Waals surface area contributed by atoms with E-state index in [1.54, 1.807) is 0 Å². The SMILES string of the molecule is C1=CC(c2cccc3cccnc23)C=C1.[CH]1[CH][CH][CH][CH]1.[Co]. The second-order valence-electron chi connectivity index (χ2n) is 4.68. The molecule has 0 amide bonds. The summed E-state index contributed by atoms with van der Waals surface area (Å²) in [6, 6.07) is 10.4. The van der Waals surface area contributed by atoms with E-state index in [1.807, 2.05) is 44.4 Å². The number of rotatable bonds is 1.